The van der Waals surface area contributed by atoms with Gasteiger partial charge in [-0.3, -0.25) is 9.97 Å². The van der Waals surface area contributed by atoms with Crippen molar-refractivity contribution >= 4 is 28.0 Å². The first kappa shape index (κ1) is 20.9. The van der Waals surface area contributed by atoms with Crippen LogP contribution in [0.4, 0.5) is 17.1 Å². The van der Waals surface area contributed by atoms with Crippen LogP contribution in [-0.2, 0) is 0 Å². The summed E-state index contributed by atoms with van der Waals surface area (Å²) in [5.41, 5.74) is 23.9. The molecule has 0 aliphatic carbocycles. The Bertz CT molecular complexity index is 1330. The molecular weight excluding hydrogens is 416 g/mol. The van der Waals surface area contributed by atoms with Crippen LogP contribution in [0.15, 0.2) is 48.8 Å². The second-order valence-electron chi connectivity index (χ2n) is 8.19. The third-order valence-electron chi connectivity index (χ3n) is 5.92. The molecule has 1 saturated heterocycles. The molecule has 1 aliphatic heterocycles. The summed E-state index contributed by atoms with van der Waals surface area (Å²) >= 11 is 0. The van der Waals surface area contributed by atoms with Gasteiger partial charge < -0.3 is 26.8 Å². The standard InChI is InChI=1S/C24H26N8O/c1-33-24-17(27)5-7-19(31-24)18-6-4-16(26)23(30-18)20-11-15-21(12-29-20)28-9-8-22(15)32-10-2-3-14(25)13-32/h4-9,11-12,14H,2-3,10,13,25-27H2,1H3. The molecule has 0 spiro atoms. The van der Waals surface area contributed by atoms with E-state index < -0.39 is 0 Å². The van der Waals surface area contributed by atoms with Gasteiger partial charge in [-0.15, -0.1) is 0 Å². The van der Waals surface area contributed by atoms with Crippen molar-refractivity contribution in [2.24, 2.45) is 5.73 Å². The summed E-state index contributed by atoms with van der Waals surface area (Å²) in [4.78, 5) is 20.7. The van der Waals surface area contributed by atoms with Crippen LogP contribution >= 0.6 is 0 Å². The van der Waals surface area contributed by atoms with Crippen LogP contribution in [0.2, 0.25) is 0 Å². The minimum atomic E-state index is 0.168. The van der Waals surface area contributed by atoms with Gasteiger partial charge >= 0.3 is 0 Å². The van der Waals surface area contributed by atoms with Crippen molar-refractivity contribution in [3.63, 3.8) is 0 Å². The Kier molecular flexibility index (Phi) is 5.39. The molecule has 5 rings (SSSR count). The summed E-state index contributed by atoms with van der Waals surface area (Å²) in [7, 11) is 1.53. The molecule has 4 aromatic heterocycles. The van der Waals surface area contributed by atoms with Crippen molar-refractivity contribution in [1.82, 2.24) is 19.9 Å². The second kappa shape index (κ2) is 8.51. The number of rotatable bonds is 4. The number of hydrogen-bond donors (Lipinski definition) is 3. The summed E-state index contributed by atoms with van der Waals surface area (Å²) in [6, 6.07) is 11.4. The number of aromatic nitrogens is 4. The van der Waals surface area contributed by atoms with Crippen LogP contribution in [-0.4, -0.2) is 46.2 Å². The number of nitrogen functional groups attached to an aromatic ring is 2. The highest BCUT2D eigenvalue weighted by molar-refractivity contribution is 5.94. The zero-order valence-electron chi connectivity index (χ0n) is 18.4. The van der Waals surface area contributed by atoms with Gasteiger partial charge in [0.25, 0.3) is 0 Å². The van der Waals surface area contributed by atoms with Crippen molar-refractivity contribution in [3.05, 3.63) is 48.8 Å². The summed E-state index contributed by atoms with van der Waals surface area (Å²) in [6.45, 7) is 1.78. The maximum atomic E-state index is 6.31. The monoisotopic (exact) mass is 442 g/mol. The number of anilines is 3. The maximum Gasteiger partial charge on any atom is 0.237 e. The van der Waals surface area contributed by atoms with E-state index >= 15 is 0 Å². The molecular formula is C24H26N8O. The number of fused-ring (bicyclic) bond motifs is 1. The average molecular weight is 443 g/mol. The first-order valence-corrected chi connectivity index (χ1v) is 10.9. The lowest BCUT2D eigenvalue weighted by Crippen LogP contribution is -2.42. The fraction of sp³-hybridized carbons (Fsp3) is 0.250. The lowest BCUT2D eigenvalue weighted by atomic mass is 10.0. The van der Waals surface area contributed by atoms with Crippen LogP contribution < -0.4 is 26.8 Å². The van der Waals surface area contributed by atoms with E-state index in [9.17, 15) is 0 Å². The average Bonchev–Trinajstić information content (AvgIpc) is 2.84. The Hall–Kier alpha value is -3.98. The smallest absolute Gasteiger partial charge is 0.237 e. The molecule has 0 amide bonds. The first-order chi connectivity index (χ1) is 16.0. The van der Waals surface area contributed by atoms with E-state index in [4.69, 9.17) is 26.9 Å². The van der Waals surface area contributed by atoms with E-state index in [1.807, 2.05) is 30.5 Å². The van der Waals surface area contributed by atoms with Crippen LogP contribution in [0.1, 0.15) is 12.8 Å². The largest absolute Gasteiger partial charge is 0.480 e. The number of pyridine rings is 4. The molecule has 9 nitrogen and oxygen atoms in total. The minimum absolute atomic E-state index is 0.168. The molecule has 4 aromatic rings. The van der Waals surface area contributed by atoms with Crippen molar-refractivity contribution in [2.45, 2.75) is 18.9 Å². The zero-order chi connectivity index (χ0) is 22.9. The third kappa shape index (κ3) is 3.98. The Labute approximate surface area is 191 Å². The van der Waals surface area contributed by atoms with Gasteiger partial charge in [0.2, 0.25) is 5.88 Å². The van der Waals surface area contributed by atoms with E-state index in [2.05, 4.69) is 19.9 Å². The van der Waals surface area contributed by atoms with Crippen molar-refractivity contribution in [2.75, 3.05) is 36.6 Å². The number of nitrogens with two attached hydrogens (primary N) is 3. The SMILES string of the molecule is COc1nc(-c2ccc(N)c(-c3cc4c(N5CCCC(N)C5)ccnc4cn3)n2)ccc1N. The fourth-order valence-corrected chi connectivity index (χ4v) is 4.24. The van der Waals surface area contributed by atoms with Gasteiger partial charge in [0.15, 0.2) is 0 Å². The number of piperidine rings is 1. The summed E-state index contributed by atoms with van der Waals surface area (Å²) < 4.78 is 5.25. The maximum absolute atomic E-state index is 6.31. The van der Waals surface area contributed by atoms with Gasteiger partial charge in [-0.1, -0.05) is 0 Å². The molecule has 9 heteroatoms. The first-order valence-electron chi connectivity index (χ1n) is 10.9. The minimum Gasteiger partial charge on any atom is -0.480 e. The molecule has 0 bridgehead atoms. The van der Waals surface area contributed by atoms with E-state index in [0.717, 1.165) is 42.5 Å². The summed E-state index contributed by atoms with van der Waals surface area (Å²) in [6.07, 6.45) is 5.68. The fourth-order valence-electron chi connectivity index (χ4n) is 4.24. The number of ether oxygens (including phenoxy) is 1. The topological polar surface area (TPSA) is 142 Å². The van der Waals surface area contributed by atoms with Crippen LogP contribution in [0, 0.1) is 0 Å². The highest BCUT2D eigenvalue weighted by Gasteiger charge is 2.20. The van der Waals surface area contributed by atoms with Crippen molar-refractivity contribution in [3.8, 4) is 28.7 Å². The van der Waals surface area contributed by atoms with Crippen molar-refractivity contribution in [1.29, 1.82) is 0 Å². The number of nitrogens with zero attached hydrogens (tertiary/aromatic N) is 5. The Morgan fingerprint density at radius 2 is 1.76 bits per heavy atom. The quantitative estimate of drug-likeness (QED) is 0.435. The van der Waals surface area contributed by atoms with Gasteiger partial charge in [-0.25, -0.2) is 9.97 Å². The van der Waals surface area contributed by atoms with E-state index in [1.165, 1.54) is 7.11 Å². The Morgan fingerprint density at radius 1 is 0.970 bits per heavy atom. The Balaban J connectivity index is 1.59. The molecule has 0 radical (unpaired) electrons. The predicted molar refractivity (Wildman–Crippen MR) is 131 cm³/mol. The molecule has 1 fully saturated rings. The lowest BCUT2D eigenvalue weighted by molar-refractivity contribution is 0.401. The van der Waals surface area contributed by atoms with Crippen LogP contribution in [0.3, 0.4) is 0 Å². The molecule has 1 unspecified atom stereocenters. The summed E-state index contributed by atoms with van der Waals surface area (Å²) in [5.74, 6) is 0.354. The van der Waals surface area contributed by atoms with Crippen LogP contribution in [0.5, 0.6) is 5.88 Å². The van der Waals surface area contributed by atoms with E-state index in [-0.39, 0.29) is 6.04 Å². The summed E-state index contributed by atoms with van der Waals surface area (Å²) in [5, 5.41) is 0.996. The van der Waals surface area contributed by atoms with Crippen molar-refractivity contribution < 1.29 is 4.74 Å². The predicted octanol–water partition coefficient (Wildman–Crippen LogP) is 2.85. The lowest BCUT2D eigenvalue weighted by Gasteiger charge is -2.33. The highest BCUT2D eigenvalue weighted by atomic mass is 16.5. The Morgan fingerprint density at radius 3 is 2.55 bits per heavy atom. The molecule has 5 heterocycles. The molecule has 1 atom stereocenters. The molecule has 33 heavy (non-hydrogen) atoms. The van der Waals surface area contributed by atoms with Gasteiger partial charge in [-0.05, 0) is 49.2 Å². The third-order valence-corrected chi connectivity index (χ3v) is 5.92. The van der Waals surface area contributed by atoms with E-state index in [0.29, 0.717) is 40.0 Å². The molecule has 1 aliphatic rings. The second-order valence-corrected chi connectivity index (χ2v) is 8.19. The van der Waals surface area contributed by atoms with Gasteiger partial charge in [0.1, 0.15) is 5.69 Å². The molecule has 0 saturated carbocycles. The highest BCUT2D eigenvalue weighted by Crippen LogP contribution is 2.33. The molecule has 6 N–H and O–H groups in total. The molecule has 0 aromatic carbocycles. The number of methoxy groups -OCH3 is 1. The zero-order valence-corrected chi connectivity index (χ0v) is 18.4. The van der Waals surface area contributed by atoms with Gasteiger partial charge in [0, 0.05) is 36.4 Å². The van der Waals surface area contributed by atoms with E-state index in [1.54, 1.807) is 18.3 Å². The van der Waals surface area contributed by atoms with Gasteiger partial charge in [0.05, 0.1) is 47.3 Å². The van der Waals surface area contributed by atoms with Gasteiger partial charge in [-0.2, -0.15) is 0 Å². The van der Waals surface area contributed by atoms with Crippen LogP contribution in [0.25, 0.3) is 33.7 Å². The normalized spacial score (nSPS) is 16.2. The number of hydrogen-bond acceptors (Lipinski definition) is 9. The molecule has 168 valence electrons.